The van der Waals surface area contributed by atoms with E-state index >= 15 is 0 Å². The average Bonchev–Trinajstić information content (AvgIpc) is 2.09. The molecular weight excluding hydrogens is 172 g/mol. The highest BCUT2D eigenvalue weighted by Crippen LogP contribution is 2.16. The first-order valence-electron chi connectivity index (χ1n) is 3.80. The van der Waals surface area contributed by atoms with Crippen LogP contribution in [0.3, 0.4) is 0 Å². The smallest absolute Gasteiger partial charge is 0.144 e. The van der Waals surface area contributed by atoms with Crippen molar-refractivity contribution in [3.8, 4) is 0 Å². The van der Waals surface area contributed by atoms with Crippen molar-refractivity contribution in [2.75, 3.05) is 11.9 Å². The fourth-order valence-corrected chi connectivity index (χ4v) is 0.997. The molecule has 1 aromatic rings. The molecule has 1 rings (SSSR count). The molecule has 64 valence electrons. The SMILES string of the molecule is C=CCCNc1ncccc1Cl. The summed E-state index contributed by atoms with van der Waals surface area (Å²) < 4.78 is 0. The van der Waals surface area contributed by atoms with E-state index < -0.39 is 0 Å². The third kappa shape index (κ3) is 2.55. The monoisotopic (exact) mass is 182 g/mol. The summed E-state index contributed by atoms with van der Waals surface area (Å²) in [6.45, 7) is 4.44. The summed E-state index contributed by atoms with van der Waals surface area (Å²) >= 11 is 5.85. The molecule has 3 heteroatoms. The van der Waals surface area contributed by atoms with Gasteiger partial charge in [-0.3, -0.25) is 0 Å². The van der Waals surface area contributed by atoms with Gasteiger partial charge in [-0.2, -0.15) is 0 Å². The molecular formula is C9H11ClN2. The van der Waals surface area contributed by atoms with Crippen LogP contribution in [-0.2, 0) is 0 Å². The lowest BCUT2D eigenvalue weighted by molar-refractivity contribution is 1.05. The van der Waals surface area contributed by atoms with Crippen molar-refractivity contribution in [1.29, 1.82) is 0 Å². The van der Waals surface area contributed by atoms with Gasteiger partial charge in [0.25, 0.3) is 0 Å². The second-order valence-electron chi connectivity index (χ2n) is 2.34. The maximum absolute atomic E-state index is 5.85. The first-order chi connectivity index (χ1) is 5.84. The average molecular weight is 183 g/mol. The van der Waals surface area contributed by atoms with Crippen LogP contribution in [0.15, 0.2) is 31.0 Å². The van der Waals surface area contributed by atoms with Crippen molar-refractivity contribution < 1.29 is 0 Å². The maximum atomic E-state index is 5.85. The van der Waals surface area contributed by atoms with E-state index in [0.717, 1.165) is 18.8 Å². The second kappa shape index (κ2) is 4.78. The number of nitrogens with one attached hydrogen (secondary N) is 1. The van der Waals surface area contributed by atoms with Crippen LogP contribution >= 0.6 is 11.6 Å². The van der Waals surface area contributed by atoms with E-state index in [2.05, 4.69) is 16.9 Å². The number of hydrogen-bond acceptors (Lipinski definition) is 2. The van der Waals surface area contributed by atoms with E-state index in [1.165, 1.54) is 0 Å². The van der Waals surface area contributed by atoms with Crippen molar-refractivity contribution in [1.82, 2.24) is 4.98 Å². The van der Waals surface area contributed by atoms with Gasteiger partial charge in [-0.1, -0.05) is 17.7 Å². The van der Waals surface area contributed by atoms with E-state index in [-0.39, 0.29) is 0 Å². The Kier molecular flexibility index (Phi) is 3.61. The minimum absolute atomic E-state index is 0.654. The van der Waals surface area contributed by atoms with Crippen LogP contribution < -0.4 is 5.32 Å². The fourth-order valence-electron chi connectivity index (χ4n) is 0.808. The van der Waals surface area contributed by atoms with Crippen LogP contribution in [0.25, 0.3) is 0 Å². The lowest BCUT2D eigenvalue weighted by atomic mass is 10.4. The molecule has 0 bridgehead atoms. The fraction of sp³-hybridized carbons (Fsp3) is 0.222. The van der Waals surface area contributed by atoms with E-state index in [0.29, 0.717) is 5.02 Å². The molecule has 1 heterocycles. The third-order valence-corrected chi connectivity index (χ3v) is 1.70. The summed E-state index contributed by atoms with van der Waals surface area (Å²) in [6, 6.07) is 3.62. The molecule has 1 N–H and O–H groups in total. The molecule has 0 aliphatic carbocycles. The molecule has 12 heavy (non-hydrogen) atoms. The van der Waals surface area contributed by atoms with Gasteiger partial charge in [-0.25, -0.2) is 4.98 Å². The summed E-state index contributed by atoms with van der Waals surface area (Å²) in [4.78, 5) is 4.07. The van der Waals surface area contributed by atoms with Gasteiger partial charge in [-0.15, -0.1) is 6.58 Å². The summed E-state index contributed by atoms with van der Waals surface area (Å²) in [5.74, 6) is 0.737. The van der Waals surface area contributed by atoms with Gasteiger partial charge in [0, 0.05) is 12.7 Å². The Morgan fingerprint density at radius 2 is 2.50 bits per heavy atom. The van der Waals surface area contributed by atoms with Crippen LogP contribution in [0, 0.1) is 0 Å². The van der Waals surface area contributed by atoms with Crippen molar-refractivity contribution in [2.24, 2.45) is 0 Å². The molecule has 0 unspecified atom stereocenters. The van der Waals surface area contributed by atoms with Crippen LogP contribution in [0.5, 0.6) is 0 Å². The van der Waals surface area contributed by atoms with Crippen molar-refractivity contribution >= 4 is 17.4 Å². The number of anilines is 1. The lowest BCUT2D eigenvalue weighted by Crippen LogP contribution is -2.02. The first-order valence-corrected chi connectivity index (χ1v) is 4.17. The summed E-state index contributed by atoms with van der Waals surface area (Å²) in [7, 11) is 0. The predicted molar refractivity (Wildman–Crippen MR) is 52.6 cm³/mol. The van der Waals surface area contributed by atoms with Crippen LogP contribution in [0.2, 0.25) is 5.02 Å². The highest BCUT2D eigenvalue weighted by atomic mass is 35.5. The van der Waals surface area contributed by atoms with E-state index in [1.54, 1.807) is 12.3 Å². The summed E-state index contributed by atoms with van der Waals surface area (Å²) in [5.41, 5.74) is 0. The minimum atomic E-state index is 0.654. The number of rotatable bonds is 4. The van der Waals surface area contributed by atoms with Crippen molar-refractivity contribution in [3.05, 3.63) is 36.0 Å². The number of hydrogen-bond donors (Lipinski definition) is 1. The van der Waals surface area contributed by atoms with Crippen LogP contribution in [0.1, 0.15) is 6.42 Å². The largest absolute Gasteiger partial charge is 0.369 e. The molecule has 0 amide bonds. The number of halogens is 1. The normalized spacial score (nSPS) is 9.42. The Bertz CT molecular complexity index is 260. The van der Waals surface area contributed by atoms with Gasteiger partial charge in [0.15, 0.2) is 0 Å². The molecule has 0 saturated carbocycles. The van der Waals surface area contributed by atoms with E-state index in [9.17, 15) is 0 Å². The maximum Gasteiger partial charge on any atom is 0.144 e. The van der Waals surface area contributed by atoms with E-state index in [4.69, 9.17) is 11.6 Å². The molecule has 0 fully saturated rings. The van der Waals surface area contributed by atoms with Crippen molar-refractivity contribution in [3.63, 3.8) is 0 Å². The zero-order valence-corrected chi connectivity index (χ0v) is 7.51. The highest BCUT2D eigenvalue weighted by molar-refractivity contribution is 6.32. The Morgan fingerprint density at radius 3 is 3.17 bits per heavy atom. The minimum Gasteiger partial charge on any atom is -0.369 e. The quantitative estimate of drug-likeness (QED) is 0.572. The van der Waals surface area contributed by atoms with Crippen molar-refractivity contribution in [2.45, 2.75) is 6.42 Å². The first kappa shape index (κ1) is 9.07. The zero-order valence-electron chi connectivity index (χ0n) is 6.76. The lowest BCUT2D eigenvalue weighted by Gasteiger charge is -2.04. The standard InChI is InChI=1S/C9H11ClN2/c1-2-3-6-11-9-8(10)5-4-7-12-9/h2,4-5,7H,1,3,6H2,(H,11,12). The molecule has 0 aliphatic rings. The summed E-state index contributed by atoms with van der Waals surface area (Å²) in [6.07, 6.45) is 4.47. The summed E-state index contributed by atoms with van der Waals surface area (Å²) in [5, 5.41) is 3.75. The molecule has 0 saturated heterocycles. The van der Waals surface area contributed by atoms with Crippen LogP contribution in [-0.4, -0.2) is 11.5 Å². The van der Waals surface area contributed by atoms with Gasteiger partial charge in [0.05, 0.1) is 5.02 Å². The topological polar surface area (TPSA) is 24.9 Å². The van der Waals surface area contributed by atoms with E-state index in [1.807, 2.05) is 12.1 Å². The van der Waals surface area contributed by atoms with Gasteiger partial charge >= 0.3 is 0 Å². The molecule has 1 aromatic heterocycles. The molecule has 0 aromatic carbocycles. The van der Waals surface area contributed by atoms with Gasteiger partial charge in [-0.05, 0) is 18.6 Å². The Morgan fingerprint density at radius 1 is 1.67 bits per heavy atom. The van der Waals surface area contributed by atoms with Crippen LogP contribution in [0.4, 0.5) is 5.82 Å². The molecule has 2 nitrogen and oxygen atoms in total. The van der Waals surface area contributed by atoms with Gasteiger partial charge < -0.3 is 5.32 Å². The molecule has 0 spiro atoms. The molecule has 0 radical (unpaired) electrons. The number of pyridine rings is 1. The Labute approximate surface area is 77.3 Å². The number of nitrogens with zero attached hydrogens (tertiary/aromatic N) is 1. The molecule has 0 atom stereocenters. The third-order valence-electron chi connectivity index (χ3n) is 1.40. The van der Waals surface area contributed by atoms with Gasteiger partial charge in [0.2, 0.25) is 0 Å². The predicted octanol–water partition coefficient (Wildman–Crippen LogP) is 2.72. The number of aromatic nitrogens is 1. The molecule has 0 aliphatic heterocycles. The zero-order chi connectivity index (χ0) is 8.81. The highest BCUT2D eigenvalue weighted by Gasteiger charge is 1.96. The Balaban J connectivity index is 2.51. The Hall–Kier alpha value is -1.02. The van der Waals surface area contributed by atoms with Gasteiger partial charge in [0.1, 0.15) is 5.82 Å². The second-order valence-corrected chi connectivity index (χ2v) is 2.75.